The number of carbonyl (C=O) groups is 3. The van der Waals surface area contributed by atoms with Gasteiger partial charge in [-0.25, -0.2) is 4.79 Å². The lowest BCUT2D eigenvalue weighted by atomic mass is 9.93. The quantitative estimate of drug-likeness (QED) is 0.291. The average Bonchev–Trinajstić information content (AvgIpc) is 2.82. The molecular weight excluding hydrogens is 522 g/mol. The van der Waals surface area contributed by atoms with Crippen molar-refractivity contribution in [3.8, 4) is 12.5 Å². The lowest BCUT2D eigenvalue weighted by Crippen LogP contribution is -2.51. The fourth-order valence-electron chi connectivity index (χ4n) is 3.99. The molecule has 38 heavy (non-hydrogen) atoms. The van der Waals surface area contributed by atoms with E-state index in [1.807, 2.05) is 51.3 Å². The first kappa shape index (κ1) is 31.1. The maximum absolute atomic E-state index is 13.9. The summed E-state index contributed by atoms with van der Waals surface area (Å²) in [5, 5.41) is 5.89. The standard InChI is InChI=1S/C29H36ClN3O4S/c1-9-33(27(35)22(16-17-38-8)31-28(36)37-29(5,6)7)25(23-18(2)12-10-13-19(23)3)26(34)32-24-20(4)14-11-15-21(24)30/h1,10-15,22,25H,16-17H2,2-8H3,(H,31,36)(H,32,34). The lowest BCUT2D eigenvalue weighted by molar-refractivity contribution is -0.136. The van der Waals surface area contributed by atoms with E-state index in [2.05, 4.69) is 16.7 Å². The predicted octanol–water partition coefficient (Wildman–Crippen LogP) is 6.01. The van der Waals surface area contributed by atoms with Gasteiger partial charge in [0.15, 0.2) is 0 Å². The topological polar surface area (TPSA) is 87.7 Å². The summed E-state index contributed by atoms with van der Waals surface area (Å²) in [5.74, 6) is -0.541. The first-order chi connectivity index (χ1) is 17.8. The largest absolute Gasteiger partial charge is 0.444 e. The van der Waals surface area contributed by atoms with Gasteiger partial charge in [0, 0.05) is 6.04 Å². The van der Waals surface area contributed by atoms with Crippen molar-refractivity contribution in [1.29, 1.82) is 0 Å². The second-order valence-corrected chi connectivity index (χ2v) is 11.3. The first-order valence-electron chi connectivity index (χ1n) is 12.2. The minimum absolute atomic E-state index is 0.294. The molecule has 204 valence electrons. The third-order valence-corrected chi connectivity index (χ3v) is 6.73. The molecule has 2 aromatic carbocycles. The van der Waals surface area contributed by atoms with Crippen molar-refractivity contribution in [2.75, 3.05) is 17.3 Å². The highest BCUT2D eigenvalue weighted by Crippen LogP contribution is 2.32. The van der Waals surface area contributed by atoms with Crippen LogP contribution in [-0.2, 0) is 14.3 Å². The summed E-state index contributed by atoms with van der Waals surface area (Å²) in [6.07, 6.45) is 7.35. The van der Waals surface area contributed by atoms with E-state index in [0.29, 0.717) is 28.4 Å². The molecule has 2 N–H and O–H groups in total. The highest BCUT2D eigenvalue weighted by Gasteiger charge is 2.37. The van der Waals surface area contributed by atoms with Crippen molar-refractivity contribution >= 4 is 47.0 Å². The molecule has 0 saturated carbocycles. The number of benzene rings is 2. The number of alkyl carbamates (subject to hydrolysis) is 1. The monoisotopic (exact) mass is 557 g/mol. The molecule has 0 spiro atoms. The molecule has 0 saturated heterocycles. The Bertz CT molecular complexity index is 1180. The van der Waals surface area contributed by atoms with Crippen LogP contribution in [0.4, 0.5) is 10.5 Å². The fraction of sp³-hybridized carbons (Fsp3) is 0.414. The predicted molar refractivity (Wildman–Crippen MR) is 155 cm³/mol. The van der Waals surface area contributed by atoms with Crippen molar-refractivity contribution in [1.82, 2.24) is 10.2 Å². The number of hydrogen-bond donors (Lipinski definition) is 2. The van der Waals surface area contributed by atoms with Crippen LogP contribution in [0.3, 0.4) is 0 Å². The van der Waals surface area contributed by atoms with Crippen LogP contribution in [-0.4, -0.2) is 46.5 Å². The summed E-state index contributed by atoms with van der Waals surface area (Å²) in [6, 6.07) is 11.1. The average molecular weight is 558 g/mol. The highest BCUT2D eigenvalue weighted by molar-refractivity contribution is 7.98. The molecule has 0 bridgehead atoms. The summed E-state index contributed by atoms with van der Waals surface area (Å²) >= 11 is 7.90. The number of aryl methyl sites for hydroxylation is 3. The lowest BCUT2D eigenvalue weighted by Gasteiger charge is -2.32. The number of rotatable bonds is 9. The zero-order valence-corrected chi connectivity index (χ0v) is 24.5. The number of anilines is 1. The van der Waals surface area contributed by atoms with E-state index in [4.69, 9.17) is 22.8 Å². The molecule has 0 aliphatic carbocycles. The van der Waals surface area contributed by atoms with Gasteiger partial charge in [0.05, 0.1) is 10.7 Å². The fourth-order valence-corrected chi connectivity index (χ4v) is 4.73. The van der Waals surface area contributed by atoms with Gasteiger partial charge in [0.2, 0.25) is 0 Å². The van der Waals surface area contributed by atoms with Crippen LogP contribution in [0.25, 0.3) is 0 Å². The number of carbonyl (C=O) groups excluding carboxylic acids is 3. The van der Waals surface area contributed by atoms with Crippen molar-refractivity contribution in [3.63, 3.8) is 0 Å². The zero-order valence-electron chi connectivity index (χ0n) is 23.0. The van der Waals surface area contributed by atoms with E-state index < -0.39 is 35.6 Å². The summed E-state index contributed by atoms with van der Waals surface area (Å²) in [7, 11) is 0. The van der Waals surface area contributed by atoms with Gasteiger partial charge < -0.3 is 15.4 Å². The minimum Gasteiger partial charge on any atom is -0.444 e. The van der Waals surface area contributed by atoms with Gasteiger partial charge in [-0.1, -0.05) is 48.4 Å². The number of terminal acetylenes is 1. The maximum atomic E-state index is 13.9. The molecule has 0 radical (unpaired) electrons. The smallest absolute Gasteiger partial charge is 0.408 e. The Hall–Kier alpha value is -3.15. The van der Waals surface area contributed by atoms with Crippen LogP contribution in [0, 0.1) is 33.2 Å². The number of amides is 3. The normalized spacial score (nSPS) is 12.6. The molecule has 0 heterocycles. The molecule has 2 atom stereocenters. The third-order valence-electron chi connectivity index (χ3n) is 5.77. The highest BCUT2D eigenvalue weighted by atomic mass is 35.5. The van der Waals surface area contributed by atoms with Gasteiger partial charge in [-0.15, -0.1) is 0 Å². The van der Waals surface area contributed by atoms with E-state index in [1.54, 1.807) is 32.9 Å². The van der Waals surface area contributed by atoms with E-state index in [-0.39, 0.29) is 0 Å². The Morgan fingerprint density at radius 3 is 2.18 bits per heavy atom. The van der Waals surface area contributed by atoms with Gasteiger partial charge in [-0.3, -0.25) is 14.5 Å². The van der Waals surface area contributed by atoms with Crippen LogP contribution in [0.1, 0.15) is 55.5 Å². The number of hydrogen-bond acceptors (Lipinski definition) is 5. The van der Waals surface area contributed by atoms with Crippen molar-refractivity contribution in [2.45, 2.75) is 65.6 Å². The van der Waals surface area contributed by atoms with Crippen LogP contribution in [0.2, 0.25) is 5.02 Å². The van der Waals surface area contributed by atoms with E-state index in [0.717, 1.165) is 21.6 Å². The molecule has 0 fully saturated rings. The Morgan fingerprint density at radius 2 is 1.66 bits per heavy atom. The van der Waals surface area contributed by atoms with Crippen LogP contribution in [0.15, 0.2) is 36.4 Å². The molecule has 9 heteroatoms. The zero-order chi connectivity index (χ0) is 28.6. The summed E-state index contributed by atoms with van der Waals surface area (Å²) in [5.41, 5.74) is 2.61. The Balaban J connectivity index is 2.56. The van der Waals surface area contributed by atoms with Crippen LogP contribution >= 0.6 is 23.4 Å². The summed E-state index contributed by atoms with van der Waals surface area (Å²) in [4.78, 5) is 41.4. The number of nitrogens with zero attached hydrogens (tertiary/aromatic N) is 1. The Labute approximate surface area is 235 Å². The van der Waals surface area contributed by atoms with Gasteiger partial charge >= 0.3 is 6.09 Å². The van der Waals surface area contributed by atoms with E-state index >= 15 is 0 Å². The molecule has 0 aromatic heterocycles. The third kappa shape index (κ3) is 8.17. The Morgan fingerprint density at radius 1 is 1.08 bits per heavy atom. The van der Waals surface area contributed by atoms with Crippen LogP contribution in [0.5, 0.6) is 0 Å². The number of ether oxygens (including phenoxy) is 1. The molecule has 2 unspecified atom stereocenters. The number of halogens is 1. The maximum Gasteiger partial charge on any atom is 0.408 e. The molecule has 3 amide bonds. The summed E-state index contributed by atoms with van der Waals surface area (Å²) in [6.45, 7) is 10.7. The minimum atomic E-state index is -1.18. The second-order valence-electron chi connectivity index (χ2n) is 9.95. The van der Waals surface area contributed by atoms with E-state index in [9.17, 15) is 14.4 Å². The van der Waals surface area contributed by atoms with E-state index in [1.165, 1.54) is 11.8 Å². The van der Waals surface area contributed by atoms with Crippen molar-refractivity contribution in [2.24, 2.45) is 0 Å². The molecule has 0 aliphatic rings. The molecule has 2 rings (SSSR count). The summed E-state index contributed by atoms with van der Waals surface area (Å²) < 4.78 is 5.37. The van der Waals surface area contributed by atoms with Crippen molar-refractivity contribution in [3.05, 3.63) is 63.7 Å². The molecule has 2 aromatic rings. The van der Waals surface area contributed by atoms with Gasteiger partial charge in [-0.2, -0.15) is 11.8 Å². The van der Waals surface area contributed by atoms with Gasteiger partial charge in [0.25, 0.3) is 11.8 Å². The molecule has 7 nitrogen and oxygen atoms in total. The van der Waals surface area contributed by atoms with Gasteiger partial charge in [0.1, 0.15) is 17.7 Å². The SMILES string of the molecule is C#CN(C(=O)C(CCSC)NC(=O)OC(C)(C)C)C(C(=O)Nc1c(C)cccc1Cl)c1c(C)cccc1C. The first-order valence-corrected chi connectivity index (χ1v) is 14.0. The molecular formula is C29H36ClN3O4S. The van der Waals surface area contributed by atoms with Gasteiger partial charge in [-0.05, 0) is 88.3 Å². The number of thioether (sulfide) groups is 1. The van der Waals surface area contributed by atoms with Crippen LogP contribution < -0.4 is 10.6 Å². The van der Waals surface area contributed by atoms with Crippen molar-refractivity contribution < 1.29 is 19.1 Å². The number of para-hydroxylation sites is 1. The second kappa shape index (κ2) is 13.6. The molecule has 0 aliphatic heterocycles. The number of nitrogens with one attached hydrogen (secondary N) is 2. The Kier molecular flexibility index (Phi) is 11.1.